The molecule has 2 heterocycles. The number of aliphatic hydroxyl groups is 1. The summed E-state index contributed by atoms with van der Waals surface area (Å²) < 4.78 is 0. The van der Waals surface area contributed by atoms with Crippen molar-refractivity contribution in [3.05, 3.63) is 83.4 Å². The van der Waals surface area contributed by atoms with Crippen LogP contribution in [-0.4, -0.2) is 20.9 Å². The van der Waals surface area contributed by atoms with Gasteiger partial charge in [-0.3, -0.25) is 9.78 Å². The Kier molecular flexibility index (Phi) is 11.3. The largest absolute Gasteiger partial charge is 0.512 e. The van der Waals surface area contributed by atoms with Gasteiger partial charge in [-0.2, -0.15) is 0 Å². The molecule has 0 saturated heterocycles. The van der Waals surface area contributed by atoms with Gasteiger partial charge in [0, 0.05) is 49.9 Å². The standard InChI is InChI=1S/C24H21N2.C13H24O2.Ir/c1-14(2)20-13-18-21-19(26-20)11-12-25-23(21)17-10-9-15-7-5-6-8-16(15)22(17)24(18,3)4;1-5-10(6-2)12(14)9-13(15)11(7-3)8-4;/h5-9,11-14H,1-4H3;9-11,14H,5-8H2,1-4H3;/q-1;;/b;12-9-;. The molecule has 225 valence electrons. The van der Waals surface area contributed by atoms with E-state index < -0.39 is 0 Å². The molecule has 5 rings (SSSR count). The van der Waals surface area contributed by atoms with Gasteiger partial charge in [0.15, 0.2) is 5.78 Å². The van der Waals surface area contributed by atoms with E-state index in [2.05, 4.69) is 70.2 Å². The quantitative estimate of drug-likeness (QED) is 0.111. The predicted molar refractivity (Wildman–Crippen MR) is 171 cm³/mol. The number of fused-ring (bicyclic) bond motifs is 4. The third-order valence-corrected chi connectivity index (χ3v) is 8.80. The molecule has 0 bridgehead atoms. The molecule has 42 heavy (non-hydrogen) atoms. The first-order chi connectivity index (χ1) is 19.6. The molecule has 1 aliphatic carbocycles. The molecule has 1 aliphatic rings. The normalized spacial score (nSPS) is 13.6. The Balaban J connectivity index is 0.000000263. The first-order valence-electron chi connectivity index (χ1n) is 15.3. The fraction of sp³-hybridized carbons (Fsp3) is 0.432. The van der Waals surface area contributed by atoms with E-state index in [-0.39, 0.29) is 48.9 Å². The van der Waals surface area contributed by atoms with E-state index in [0.717, 1.165) is 48.2 Å². The average Bonchev–Trinajstić information content (AvgIpc) is 2.96. The molecule has 4 nitrogen and oxygen atoms in total. The number of carbonyl (C=O) groups excluding carboxylic acids is 1. The smallest absolute Gasteiger partial charge is 0.162 e. The minimum atomic E-state index is -0.131. The van der Waals surface area contributed by atoms with Gasteiger partial charge in [-0.1, -0.05) is 90.4 Å². The van der Waals surface area contributed by atoms with Crippen molar-refractivity contribution in [1.82, 2.24) is 9.97 Å². The van der Waals surface area contributed by atoms with Gasteiger partial charge in [0.05, 0.1) is 11.3 Å². The summed E-state index contributed by atoms with van der Waals surface area (Å²) in [7, 11) is 0. The Morgan fingerprint density at radius 3 is 2.26 bits per heavy atom. The van der Waals surface area contributed by atoms with E-state index in [0.29, 0.717) is 5.92 Å². The van der Waals surface area contributed by atoms with Crippen LogP contribution in [0.4, 0.5) is 0 Å². The predicted octanol–water partition coefficient (Wildman–Crippen LogP) is 9.88. The topological polar surface area (TPSA) is 63.1 Å². The van der Waals surface area contributed by atoms with E-state index >= 15 is 0 Å². The van der Waals surface area contributed by atoms with Gasteiger partial charge in [0.2, 0.25) is 0 Å². The van der Waals surface area contributed by atoms with Crippen LogP contribution in [0, 0.1) is 17.9 Å². The number of nitrogens with zero attached hydrogens (tertiary/aromatic N) is 2. The minimum Gasteiger partial charge on any atom is -0.512 e. The average molecular weight is 742 g/mol. The van der Waals surface area contributed by atoms with Crippen molar-refractivity contribution in [2.45, 2.75) is 92.4 Å². The summed E-state index contributed by atoms with van der Waals surface area (Å²) in [4.78, 5) is 21.4. The number of aliphatic hydroxyl groups excluding tert-OH is 1. The zero-order valence-electron chi connectivity index (χ0n) is 26.3. The van der Waals surface area contributed by atoms with Crippen LogP contribution in [0.1, 0.15) is 104 Å². The molecule has 5 heteroatoms. The number of pyridine rings is 2. The van der Waals surface area contributed by atoms with Crippen LogP contribution in [0.25, 0.3) is 32.9 Å². The fourth-order valence-electron chi connectivity index (χ4n) is 6.14. The molecular formula is C37H45IrN2O2-. The van der Waals surface area contributed by atoms with E-state index in [9.17, 15) is 9.90 Å². The molecule has 4 aromatic rings. The summed E-state index contributed by atoms with van der Waals surface area (Å²) in [6, 6.07) is 18.6. The number of rotatable bonds is 8. The number of hydrogen-bond acceptors (Lipinski definition) is 4. The second kappa shape index (κ2) is 14.1. The van der Waals surface area contributed by atoms with Gasteiger partial charge in [-0.25, -0.2) is 0 Å². The van der Waals surface area contributed by atoms with Gasteiger partial charge in [-0.15, -0.1) is 23.3 Å². The Morgan fingerprint density at radius 1 is 1.00 bits per heavy atom. The molecule has 1 radical (unpaired) electrons. The fourth-order valence-corrected chi connectivity index (χ4v) is 6.14. The number of aromatic nitrogens is 2. The number of carbonyl (C=O) groups is 1. The maximum absolute atomic E-state index is 11.7. The Bertz CT molecular complexity index is 1580. The van der Waals surface area contributed by atoms with Crippen LogP contribution in [-0.2, 0) is 30.3 Å². The molecular weight excluding hydrogens is 697 g/mol. The molecule has 1 N–H and O–H groups in total. The molecule has 0 unspecified atom stereocenters. The number of benzene rings is 2. The van der Waals surface area contributed by atoms with Crippen molar-refractivity contribution in [3.8, 4) is 11.3 Å². The van der Waals surface area contributed by atoms with Gasteiger partial charge >= 0.3 is 0 Å². The summed E-state index contributed by atoms with van der Waals surface area (Å²) in [5.41, 5.74) is 6.83. The molecule has 0 aliphatic heterocycles. The summed E-state index contributed by atoms with van der Waals surface area (Å²) in [6.45, 7) is 17.1. The Hall–Kier alpha value is -2.88. The SMILES string of the molecule is CC(C)c1cc2c3c(nccc3n1)-c1[c-]cc3ccccc3c1C2(C)C.CCC(CC)C(=O)/C=C(\O)C(CC)CC.[Ir]. The van der Waals surface area contributed by atoms with Crippen LogP contribution in [0.5, 0.6) is 0 Å². The van der Waals surface area contributed by atoms with Gasteiger partial charge in [0.1, 0.15) is 0 Å². The molecule has 0 atom stereocenters. The molecule has 0 spiro atoms. The van der Waals surface area contributed by atoms with E-state index in [4.69, 9.17) is 9.97 Å². The van der Waals surface area contributed by atoms with E-state index in [1.165, 1.54) is 33.4 Å². The number of ketones is 1. The van der Waals surface area contributed by atoms with Crippen molar-refractivity contribution in [2.75, 3.05) is 0 Å². The third-order valence-electron chi connectivity index (χ3n) is 8.80. The summed E-state index contributed by atoms with van der Waals surface area (Å²) >= 11 is 0. The van der Waals surface area contributed by atoms with Crippen LogP contribution in [0.3, 0.4) is 0 Å². The zero-order chi connectivity index (χ0) is 29.9. The Morgan fingerprint density at radius 2 is 1.64 bits per heavy atom. The van der Waals surface area contributed by atoms with E-state index in [1.807, 2.05) is 40.0 Å². The van der Waals surface area contributed by atoms with Crippen LogP contribution < -0.4 is 0 Å². The first-order valence-corrected chi connectivity index (χ1v) is 15.3. The second-order valence-corrected chi connectivity index (χ2v) is 12.1. The van der Waals surface area contributed by atoms with Crippen molar-refractivity contribution in [3.63, 3.8) is 0 Å². The molecule has 0 saturated carbocycles. The van der Waals surface area contributed by atoms with Crippen LogP contribution >= 0.6 is 0 Å². The molecule has 0 amide bonds. The summed E-state index contributed by atoms with van der Waals surface area (Å²) in [6.07, 6.45) is 6.78. The van der Waals surface area contributed by atoms with Gasteiger partial charge < -0.3 is 10.1 Å². The van der Waals surface area contributed by atoms with Crippen molar-refractivity contribution in [1.29, 1.82) is 0 Å². The van der Waals surface area contributed by atoms with Crippen molar-refractivity contribution >= 4 is 27.5 Å². The van der Waals surface area contributed by atoms with Crippen LogP contribution in [0.2, 0.25) is 0 Å². The number of allylic oxidation sites excluding steroid dienone is 2. The maximum atomic E-state index is 11.7. The molecule has 2 aromatic heterocycles. The second-order valence-electron chi connectivity index (χ2n) is 12.1. The van der Waals surface area contributed by atoms with E-state index in [1.54, 1.807) is 0 Å². The maximum Gasteiger partial charge on any atom is 0.162 e. The third kappa shape index (κ3) is 6.38. The number of hydrogen-bond donors (Lipinski definition) is 1. The Labute approximate surface area is 265 Å². The van der Waals surface area contributed by atoms with Gasteiger partial charge in [0.25, 0.3) is 0 Å². The monoisotopic (exact) mass is 742 g/mol. The van der Waals surface area contributed by atoms with Crippen LogP contribution in [0.15, 0.2) is 60.5 Å². The zero-order valence-corrected chi connectivity index (χ0v) is 28.7. The van der Waals surface area contributed by atoms with Crippen molar-refractivity contribution < 1.29 is 30.0 Å². The molecule has 0 fully saturated rings. The molecule has 2 aromatic carbocycles. The summed E-state index contributed by atoms with van der Waals surface area (Å²) in [5.74, 6) is 0.940. The minimum absolute atomic E-state index is 0. The first kappa shape index (κ1) is 33.6. The van der Waals surface area contributed by atoms with Gasteiger partial charge in [-0.05, 0) is 65.8 Å². The summed E-state index contributed by atoms with van der Waals surface area (Å²) in [5, 5.41) is 13.5. The van der Waals surface area contributed by atoms with Crippen molar-refractivity contribution in [2.24, 2.45) is 11.8 Å².